The van der Waals surface area contributed by atoms with Crippen molar-refractivity contribution in [3.63, 3.8) is 0 Å². The van der Waals surface area contributed by atoms with E-state index in [0.717, 1.165) is 44.6 Å². The lowest BCUT2D eigenvalue weighted by molar-refractivity contribution is 0.367. The molecule has 21 heavy (non-hydrogen) atoms. The topological polar surface area (TPSA) is 76.9 Å². The monoisotopic (exact) mass is 314 g/mol. The van der Waals surface area contributed by atoms with Gasteiger partial charge in [-0.15, -0.1) is 0 Å². The van der Waals surface area contributed by atoms with Crippen LogP contribution < -0.4 is 5.32 Å². The van der Waals surface area contributed by atoms with Crippen LogP contribution in [0.2, 0.25) is 0 Å². The molecule has 0 spiro atoms. The SMILES string of the molecule is CCCNC(Cc1ncnn1CCC)C1CCS(=O)(=O)C1. The summed E-state index contributed by atoms with van der Waals surface area (Å²) >= 11 is 0. The zero-order chi connectivity index (χ0) is 15.3. The lowest BCUT2D eigenvalue weighted by atomic mass is 9.96. The van der Waals surface area contributed by atoms with Crippen molar-refractivity contribution < 1.29 is 8.42 Å². The van der Waals surface area contributed by atoms with E-state index in [1.807, 2.05) is 4.68 Å². The fourth-order valence-electron chi connectivity index (χ4n) is 2.92. The molecule has 0 bridgehead atoms. The van der Waals surface area contributed by atoms with Crippen LogP contribution in [0.15, 0.2) is 6.33 Å². The average Bonchev–Trinajstić information content (AvgIpc) is 3.01. The van der Waals surface area contributed by atoms with Gasteiger partial charge in [0.25, 0.3) is 0 Å². The van der Waals surface area contributed by atoms with Gasteiger partial charge in [0.05, 0.1) is 11.5 Å². The van der Waals surface area contributed by atoms with E-state index in [2.05, 4.69) is 29.2 Å². The maximum absolute atomic E-state index is 11.7. The summed E-state index contributed by atoms with van der Waals surface area (Å²) in [6.45, 7) is 6.00. The molecule has 0 amide bonds. The van der Waals surface area contributed by atoms with Gasteiger partial charge in [-0.3, -0.25) is 4.68 Å². The van der Waals surface area contributed by atoms with Gasteiger partial charge in [0.1, 0.15) is 12.2 Å². The molecule has 1 saturated heterocycles. The molecule has 7 heteroatoms. The highest BCUT2D eigenvalue weighted by atomic mass is 32.2. The Kier molecular flexibility index (Phi) is 5.75. The molecule has 0 saturated carbocycles. The van der Waals surface area contributed by atoms with Crippen LogP contribution in [0.4, 0.5) is 0 Å². The van der Waals surface area contributed by atoms with Crippen LogP contribution in [0.3, 0.4) is 0 Å². The normalized spacial score (nSPS) is 22.5. The van der Waals surface area contributed by atoms with Gasteiger partial charge in [0.2, 0.25) is 0 Å². The first-order chi connectivity index (χ1) is 10.1. The third-order valence-corrected chi connectivity index (χ3v) is 5.82. The Labute approximate surface area is 127 Å². The molecule has 1 aromatic heterocycles. The lowest BCUT2D eigenvalue weighted by Gasteiger charge is -2.23. The molecule has 0 radical (unpaired) electrons. The summed E-state index contributed by atoms with van der Waals surface area (Å²) in [6.07, 6.45) is 5.15. The van der Waals surface area contributed by atoms with E-state index in [0.29, 0.717) is 11.5 Å². The molecule has 0 aromatic carbocycles. The smallest absolute Gasteiger partial charge is 0.150 e. The van der Waals surface area contributed by atoms with Crippen molar-refractivity contribution in [1.82, 2.24) is 20.1 Å². The molecular weight excluding hydrogens is 288 g/mol. The molecule has 2 heterocycles. The lowest BCUT2D eigenvalue weighted by Crippen LogP contribution is -2.40. The zero-order valence-corrected chi connectivity index (χ0v) is 13.8. The van der Waals surface area contributed by atoms with Crippen molar-refractivity contribution in [2.75, 3.05) is 18.1 Å². The maximum Gasteiger partial charge on any atom is 0.150 e. The van der Waals surface area contributed by atoms with E-state index in [9.17, 15) is 8.42 Å². The first-order valence-electron chi connectivity index (χ1n) is 7.86. The van der Waals surface area contributed by atoms with Crippen LogP contribution in [0, 0.1) is 5.92 Å². The van der Waals surface area contributed by atoms with Gasteiger partial charge < -0.3 is 5.32 Å². The Morgan fingerprint density at radius 1 is 1.43 bits per heavy atom. The summed E-state index contributed by atoms with van der Waals surface area (Å²) in [4.78, 5) is 4.35. The molecule has 1 aliphatic heterocycles. The average molecular weight is 314 g/mol. The first-order valence-corrected chi connectivity index (χ1v) is 9.68. The number of hydrogen-bond acceptors (Lipinski definition) is 5. The van der Waals surface area contributed by atoms with Crippen LogP contribution in [-0.4, -0.2) is 47.3 Å². The maximum atomic E-state index is 11.7. The predicted octanol–water partition coefficient (Wildman–Crippen LogP) is 1.03. The van der Waals surface area contributed by atoms with Gasteiger partial charge in [-0.05, 0) is 31.7 Å². The molecule has 6 nitrogen and oxygen atoms in total. The van der Waals surface area contributed by atoms with Crippen LogP contribution in [0.5, 0.6) is 0 Å². The van der Waals surface area contributed by atoms with E-state index < -0.39 is 9.84 Å². The largest absolute Gasteiger partial charge is 0.313 e. The second-order valence-electron chi connectivity index (χ2n) is 5.83. The second kappa shape index (κ2) is 7.35. The molecule has 1 fully saturated rings. The van der Waals surface area contributed by atoms with Crippen molar-refractivity contribution >= 4 is 9.84 Å². The van der Waals surface area contributed by atoms with Crippen LogP contribution >= 0.6 is 0 Å². The minimum atomic E-state index is -2.85. The summed E-state index contributed by atoms with van der Waals surface area (Å²) in [7, 11) is -2.85. The van der Waals surface area contributed by atoms with E-state index >= 15 is 0 Å². The molecule has 1 aliphatic rings. The molecule has 2 rings (SSSR count). The minimum Gasteiger partial charge on any atom is -0.313 e. The number of sulfone groups is 1. The number of aryl methyl sites for hydroxylation is 1. The summed E-state index contributed by atoms with van der Waals surface area (Å²) < 4.78 is 25.4. The van der Waals surface area contributed by atoms with Gasteiger partial charge in [0.15, 0.2) is 9.84 Å². The Morgan fingerprint density at radius 3 is 2.86 bits per heavy atom. The van der Waals surface area contributed by atoms with E-state index in [1.165, 1.54) is 0 Å². The summed E-state index contributed by atoms with van der Waals surface area (Å²) in [5.41, 5.74) is 0. The molecule has 2 unspecified atom stereocenters. The van der Waals surface area contributed by atoms with Crippen molar-refractivity contribution in [3.8, 4) is 0 Å². The van der Waals surface area contributed by atoms with E-state index in [4.69, 9.17) is 0 Å². The molecule has 2 atom stereocenters. The van der Waals surface area contributed by atoms with Crippen LogP contribution in [0.25, 0.3) is 0 Å². The van der Waals surface area contributed by atoms with E-state index in [1.54, 1.807) is 6.33 Å². The minimum absolute atomic E-state index is 0.169. The Morgan fingerprint density at radius 2 is 2.24 bits per heavy atom. The predicted molar refractivity (Wildman–Crippen MR) is 82.9 cm³/mol. The molecule has 1 N–H and O–H groups in total. The van der Waals surface area contributed by atoms with Crippen molar-refractivity contribution in [3.05, 3.63) is 12.2 Å². The summed E-state index contributed by atoms with van der Waals surface area (Å²) in [5, 5.41) is 7.77. The van der Waals surface area contributed by atoms with Crippen molar-refractivity contribution in [1.29, 1.82) is 0 Å². The highest BCUT2D eigenvalue weighted by Gasteiger charge is 2.34. The van der Waals surface area contributed by atoms with Gasteiger partial charge >= 0.3 is 0 Å². The standard InChI is InChI=1S/C14H26N4O2S/c1-3-6-15-13(12-5-8-21(19,20)10-12)9-14-16-11-17-18(14)7-4-2/h11-13,15H,3-10H2,1-2H3. The highest BCUT2D eigenvalue weighted by Crippen LogP contribution is 2.23. The summed E-state index contributed by atoms with van der Waals surface area (Å²) in [5.74, 6) is 1.77. The first kappa shape index (κ1) is 16.4. The fourth-order valence-corrected chi connectivity index (χ4v) is 4.80. The van der Waals surface area contributed by atoms with Gasteiger partial charge in [-0.2, -0.15) is 5.10 Å². The third kappa shape index (κ3) is 4.51. The van der Waals surface area contributed by atoms with Crippen molar-refractivity contribution in [2.24, 2.45) is 5.92 Å². The molecule has 0 aliphatic carbocycles. The molecule has 120 valence electrons. The third-order valence-electron chi connectivity index (χ3n) is 4.03. The number of hydrogen-bond donors (Lipinski definition) is 1. The van der Waals surface area contributed by atoms with Crippen molar-refractivity contribution in [2.45, 2.75) is 52.1 Å². The number of aromatic nitrogens is 3. The summed E-state index contributed by atoms with van der Waals surface area (Å²) in [6, 6.07) is 0.169. The number of nitrogens with zero attached hydrogens (tertiary/aromatic N) is 3. The van der Waals surface area contributed by atoms with Crippen LogP contribution in [0.1, 0.15) is 38.9 Å². The number of nitrogens with one attached hydrogen (secondary N) is 1. The number of rotatable bonds is 8. The van der Waals surface area contributed by atoms with Crippen LogP contribution in [-0.2, 0) is 22.8 Å². The zero-order valence-electron chi connectivity index (χ0n) is 13.0. The highest BCUT2D eigenvalue weighted by molar-refractivity contribution is 7.91. The van der Waals surface area contributed by atoms with Gasteiger partial charge in [-0.1, -0.05) is 13.8 Å². The quantitative estimate of drug-likeness (QED) is 0.775. The second-order valence-corrected chi connectivity index (χ2v) is 8.06. The molecular formula is C14H26N4O2S. The fraction of sp³-hybridized carbons (Fsp3) is 0.857. The Balaban J connectivity index is 2.07. The molecule has 1 aromatic rings. The van der Waals surface area contributed by atoms with Gasteiger partial charge in [0, 0.05) is 19.0 Å². The Bertz CT molecular complexity index is 541. The van der Waals surface area contributed by atoms with E-state index in [-0.39, 0.29) is 12.0 Å². The van der Waals surface area contributed by atoms with Gasteiger partial charge in [-0.25, -0.2) is 13.4 Å². The Hall–Kier alpha value is -0.950.